The van der Waals surface area contributed by atoms with Gasteiger partial charge in [-0.3, -0.25) is 9.79 Å². The first kappa shape index (κ1) is 25.8. The van der Waals surface area contributed by atoms with Gasteiger partial charge in [-0.1, -0.05) is 17.7 Å². The lowest BCUT2D eigenvalue weighted by atomic mass is 10.2. The van der Waals surface area contributed by atoms with Gasteiger partial charge in [0.05, 0.1) is 12.8 Å². The predicted molar refractivity (Wildman–Crippen MR) is 131 cm³/mol. The molecule has 8 heteroatoms. The minimum atomic E-state index is -0.186. The lowest BCUT2D eigenvalue weighted by Gasteiger charge is -2.22. The quantitative estimate of drug-likeness (QED) is 0.213. The Balaban J connectivity index is 0.00000450. The number of nitrogens with one attached hydrogen (secondary N) is 2. The van der Waals surface area contributed by atoms with Crippen molar-refractivity contribution in [2.24, 2.45) is 4.99 Å². The van der Waals surface area contributed by atoms with Crippen LogP contribution in [0.2, 0.25) is 0 Å². The Labute approximate surface area is 196 Å². The maximum Gasteiger partial charge on any atom is 0.287 e. The van der Waals surface area contributed by atoms with Crippen LogP contribution in [-0.2, 0) is 0 Å². The zero-order valence-electron chi connectivity index (χ0n) is 18.2. The van der Waals surface area contributed by atoms with Crippen LogP contribution in [0.5, 0.6) is 5.75 Å². The molecular formula is C22H33IN4O3. The number of furan rings is 1. The molecule has 0 aliphatic carbocycles. The SMILES string of the molecule is CCNC(=NCCCNC(=O)c1occc1C)N(C)CCOc1ccc(C)cc1.I. The first-order chi connectivity index (χ1) is 14.0. The summed E-state index contributed by atoms with van der Waals surface area (Å²) in [5.41, 5.74) is 2.05. The van der Waals surface area contributed by atoms with E-state index in [2.05, 4.69) is 22.5 Å². The molecular weight excluding hydrogens is 495 g/mol. The fourth-order valence-corrected chi connectivity index (χ4v) is 2.66. The van der Waals surface area contributed by atoms with Gasteiger partial charge in [0.2, 0.25) is 0 Å². The highest BCUT2D eigenvalue weighted by molar-refractivity contribution is 14.0. The number of aliphatic imine (C=N–C) groups is 1. The number of guanidine groups is 1. The smallest absolute Gasteiger partial charge is 0.287 e. The fraction of sp³-hybridized carbons (Fsp3) is 0.455. The van der Waals surface area contributed by atoms with Gasteiger partial charge in [0, 0.05) is 32.2 Å². The number of hydrogen-bond acceptors (Lipinski definition) is 4. The van der Waals surface area contributed by atoms with Crippen LogP contribution in [0, 0.1) is 13.8 Å². The molecule has 1 aromatic heterocycles. The van der Waals surface area contributed by atoms with E-state index < -0.39 is 0 Å². The van der Waals surface area contributed by atoms with Crippen LogP contribution in [0.25, 0.3) is 0 Å². The number of amides is 1. The second-order valence-corrected chi connectivity index (χ2v) is 6.86. The summed E-state index contributed by atoms with van der Waals surface area (Å²) < 4.78 is 11.0. The van der Waals surface area contributed by atoms with Crippen LogP contribution in [-0.4, -0.2) is 56.6 Å². The van der Waals surface area contributed by atoms with E-state index >= 15 is 0 Å². The molecule has 0 bridgehead atoms. The molecule has 1 aromatic carbocycles. The maximum absolute atomic E-state index is 12.0. The van der Waals surface area contributed by atoms with E-state index in [1.165, 1.54) is 11.8 Å². The average Bonchev–Trinajstić information content (AvgIpc) is 3.14. The molecule has 166 valence electrons. The average molecular weight is 528 g/mol. The van der Waals surface area contributed by atoms with Gasteiger partial charge in [0.25, 0.3) is 5.91 Å². The third-order valence-electron chi connectivity index (χ3n) is 4.36. The summed E-state index contributed by atoms with van der Waals surface area (Å²) in [5, 5.41) is 6.15. The number of nitrogens with zero attached hydrogens (tertiary/aromatic N) is 2. The summed E-state index contributed by atoms with van der Waals surface area (Å²) in [4.78, 5) is 18.7. The van der Waals surface area contributed by atoms with Crippen LogP contribution in [0.4, 0.5) is 0 Å². The van der Waals surface area contributed by atoms with Gasteiger partial charge in [-0.25, -0.2) is 0 Å². The summed E-state index contributed by atoms with van der Waals surface area (Å²) in [6.45, 7) is 9.18. The second-order valence-electron chi connectivity index (χ2n) is 6.86. The summed E-state index contributed by atoms with van der Waals surface area (Å²) in [6.07, 6.45) is 2.27. The first-order valence-corrected chi connectivity index (χ1v) is 10.0. The summed E-state index contributed by atoms with van der Waals surface area (Å²) in [7, 11) is 1.99. The summed E-state index contributed by atoms with van der Waals surface area (Å²) in [5.74, 6) is 1.88. The Hall–Kier alpha value is -2.23. The van der Waals surface area contributed by atoms with E-state index in [0.717, 1.165) is 30.2 Å². The highest BCUT2D eigenvalue weighted by Gasteiger charge is 2.11. The molecule has 0 atom stereocenters. The van der Waals surface area contributed by atoms with Gasteiger partial charge in [-0.15, -0.1) is 24.0 Å². The van der Waals surface area contributed by atoms with Crippen LogP contribution < -0.4 is 15.4 Å². The molecule has 0 unspecified atom stereocenters. The number of hydrogen-bond donors (Lipinski definition) is 2. The lowest BCUT2D eigenvalue weighted by molar-refractivity contribution is 0.0925. The molecule has 7 nitrogen and oxygen atoms in total. The van der Waals surface area contributed by atoms with Gasteiger partial charge >= 0.3 is 0 Å². The standard InChI is InChI=1S/C22H32N4O3.HI/c1-5-23-22(26(4)14-16-28-19-9-7-17(2)8-10-19)25-13-6-12-24-21(27)20-18(3)11-15-29-20;/h7-11,15H,5-6,12-14,16H2,1-4H3,(H,23,25)(H,24,27);1H. The molecule has 0 saturated carbocycles. The van der Waals surface area contributed by atoms with Crippen molar-refractivity contribution in [3.05, 3.63) is 53.5 Å². The maximum atomic E-state index is 12.0. The third-order valence-corrected chi connectivity index (χ3v) is 4.36. The molecule has 0 radical (unpaired) electrons. The summed E-state index contributed by atoms with van der Waals surface area (Å²) in [6, 6.07) is 9.81. The van der Waals surface area contributed by atoms with E-state index in [1.807, 2.05) is 50.1 Å². The molecule has 1 heterocycles. The van der Waals surface area contributed by atoms with E-state index in [-0.39, 0.29) is 29.9 Å². The molecule has 1 amide bonds. The Morgan fingerprint density at radius 3 is 2.53 bits per heavy atom. The second kappa shape index (κ2) is 13.9. The van der Waals surface area contributed by atoms with Crippen LogP contribution in [0.15, 0.2) is 46.0 Å². The highest BCUT2D eigenvalue weighted by atomic mass is 127. The first-order valence-electron chi connectivity index (χ1n) is 10.0. The van der Waals surface area contributed by atoms with Crippen LogP contribution in [0.1, 0.15) is 35.0 Å². The minimum absolute atomic E-state index is 0. The third kappa shape index (κ3) is 8.64. The number of aryl methyl sites for hydroxylation is 2. The number of ether oxygens (including phenoxy) is 1. The number of carbonyl (C=O) groups excluding carboxylic acids is 1. The molecule has 2 aromatic rings. The predicted octanol–water partition coefficient (Wildman–Crippen LogP) is 3.61. The van der Waals surface area contributed by atoms with Crippen molar-refractivity contribution in [2.75, 3.05) is 39.8 Å². The van der Waals surface area contributed by atoms with Gasteiger partial charge in [-0.2, -0.15) is 0 Å². The van der Waals surface area contributed by atoms with E-state index in [4.69, 9.17) is 9.15 Å². The molecule has 2 N–H and O–H groups in total. The normalized spacial score (nSPS) is 10.9. The van der Waals surface area contributed by atoms with Crippen molar-refractivity contribution in [2.45, 2.75) is 27.2 Å². The molecule has 0 aliphatic rings. The fourth-order valence-electron chi connectivity index (χ4n) is 2.66. The van der Waals surface area contributed by atoms with E-state index in [1.54, 1.807) is 6.07 Å². The van der Waals surface area contributed by atoms with Crippen molar-refractivity contribution in [3.8, 4) is 5.75 Å². The Bertz CT molecular complexity index is 790. The van der Waals surface area contributed by atoms with E-state index in [0.29, 0.717) is 32.0 Å². The largest absolute Gasteiger partial charge is 0.492 e. The van der Waals surface area contributed by atoms with Crippen molar-refractivity contribution >= 4 is 35.8 Å². The van der Waals surface area contributed by atoms with E-state index in [9.17, 15) is 4.79 Å². The topological polar surface area (TPSA) is 79.1 Å². The van der Waals surface area contributed by atoms with Gasteiger partial charge in [-0.05, 0) is 45.4 Å². The van der Waals surface area contributed by atoms with Gasteiger partial charge < -0.3 is 24.7 Å². The Morgan fingerprint density at radius 1 is 1.17 bits per heavy atom. The molecule has 0 fully saturated rings. The summed E-state index contributed by atoms with van der Waals surface area (Å²) >= 11 is 0. The molecule has 0 saturated heterocycles. The zero-order chi connectivity index (χ0) is 21.1. The lowest BCUT2D eigenvalue weighted by Crippen LogP contribution is -2.41. The van der Waals surface area contributed by atoms with Crippen LogP contribution >= 0.6 is 24.0 Å². The van der Waals surface area contributed by atoms with Crippen molar-refractivity contribution in [1.29, 1.82) is 0 Å². The molecule has 0 aliphatic heterocycles. The number of rotatable bonds is 10. The molecule has 0 spiro atoms. The Morgan fingerprint density at radius 2 is 1.90 bits per heavy atom. The number of halogens is 1. The van der Waals surface area contributed by atoms with Crippen molar-refractivity contribution in [3.63, 3.8) is 0 Å². The van der Waals surface area contributed by atoms with Crippen LogP contribution in [0.3, 0.4) is 0 Å². The number of benzene rings is 1. The highest BCUT2D eigenvalue weighted by Crippen LogP contribution is 2.11. The molecule has 2 rings (SSSR count). The Kier molecular flexibility index (Phi) is 12.0. The van der Waals surface area contributed by atoms with Gasteiger partial charge in [0.1, 0.15) is 12.4 Å². The molecule has 30 heavy (non-hydrogen) atoms. The van der Waals surface area contributed by atoms with Crippen molar-refractivity contribution in [1.82, 2.24) is 15.5 Å². The van der Waals surface area contributed by atoms with Crippen molar-refractivity contribution < 1.29 is 13.9 Å². The zero-order valence-corrected chi connectivity index (χ0v) is 20.6. The minimum Gasteiger partial charge on any atom is -0.492 e. The number of carbonyl (C=O) groups is 1. The van der Waals surface area contributed by atoms with Gasteiger partial charge in [0.15, 0.2) is 11.7 Å². The monoisotopic (exact) mass is 528 g/mol. The number of likely N-dealkylation sites (N-methyl/N-ethyl adjacent to an activating group) is 1.